The summed E-state index contributed by atoms with van der Waals surface area (Å²) >= 11 is 1.47. The molecule has 3 aromatic carbocycles. The zero-order valence-corrected chi connectivity index (χ0v) is 16.5. The number of sulfonamides is 1. The fourth-order valence-corrected chi connectivity index (χ4v) is 4.82. The number of para-hydroxylation sites is 1. The van der Waals surface area contributed by atoms with Crippen molar-refractivity contribution in [1.82, 2.24) is 4.57 Å². The third-order valence-electron chi connectivity index (χ3n) is 4.18. The average molecular weight is 412 g/mol. The van der Waals surface area contributed by atoms with E-state index in [0.29, 0.717) is 11.2 Å². The second kappa shape index (κ2) is 7.21. The van der Waals surface area contributed by atoms with Crippen molar-refractivity contribution in [1.29, 1.82) is 0 Å². The molecule has 8 heteroatoms. The van der Waals surface area contributed by atoms with Crippen LogP contribution in [0.3, 0.4) is 0 Å². The Labute approximate surface area is 165 Å². The van der Waals surface area contributed by atoms with Crippen LogP contribution in [0.25, 0.3) is 11.1 Å². The summed E-state index contributed by atoms with van der Waals surface area (Å²) in [5, 5.41) is 0. The first kappa shape index (κ1) is 18.4. The van der Waals surface area contributed by atoms with Crippen molar-refractivity contribution in [2.75, 3.05) is 4.72 Å². The summed E-state index contributed by atoms with van der Waals surface area (Å²) in [6, 6.07) is 21.3. The molecule has 0 unspecified atom stereocenters. The molecule has 4 aromatic rings. The van der Waals surface area contributed by atoms with Crippen LogP contribution in [0.1, 0.15) is 0 Å². The van der Waals surface area contributed by atoms with E-state index in [1.807, 2.05) is 42.5 Å². The number of hydrogen-bond donors (Lipinski definition) is 1. The van der Waals surface area contributed by atoms with Gasteiger partial charge in [-0.05, 0) is 36.4 Å². The molecule has 0 bridgehead atoms. The van der Waals surface area contributed by atoms with Crippen molar-refractivity contribution in [3.63, 3.8) is 0 Å². The smallest absolute Gasteiger partial charge is 0.408 e. The van der Waals surface area contributed by atoms with Gasteiger partial charge in [-0.2, -0.15) is 0 Å². The second-order valence-corrected chi connectivity index (χ2v) is 8.87. The molecule has 0 aliphatic rings. The second-order valence-electron chi connectivity index (χ2n) is 6.07. The standard InChI is InChI=1S/C20H16N2O4S2/c1-22-17-12-11-15(13-18(17)26-20(22)23)28(24,25)21-16-9-5-6-10-19(16)27-14-7-3-2-4-8-14/h2-13,21H,1H3. The van der Waals surface area contributed by atoms with Crippen LogP contribution < -0.4 is 10.5 Å². The third-order valence-corrected chi connectivity index (χ3v) is 6.62. The zero-order chi connectivity index (χ0) is 19.7. The van der Waals surface area contributed by atoms with E-state index in [9.17, 15) is 13.2 Å². The normalized spacial score (nSPS) is 11.6. The van der Waals surface area contributed by atoms with Crippen LogP contribution in [0.2, 0.25) is 0 Å². The molecule has 28 heavy (non-hydrogen) atoms. The predicted octanol–water partition coefficient (Wildman–Crippen LogP) is 4.08. The van der Waals surface area contributed by atoms with Gasteiger partial charge in [0.05, 0.1) is 16.1 Å². The highest BCUT2D eigenvalue weighted by Gasteiger charge is 2.18. The first-order chi connectivity index (χ1) is 13.4. The van der Waals surface area contributed by atoms with Gasteiger partial charge in [0.15, 0.2) is 5.58 Å². The Morgan fingerprint density at radius 3 is 2.46 bits per heavy atom. The topological polar surface area (TPSA) is 81.3 Å². The molecule has 0 atom stereocenters. The molecule has 4 rings (SSSR count). The highest BCUT2D eigenvalue weighted by Crippen LogP contribution is 2.34. The summed E-state index contributed by atoms with van der Waals surface area (Å²) in [6.07, 6.45) is 0. The van der Waals surface area contributed by atoms with Crippen LogP contribution >= 0.6 is 11.8 Å². The maximum Gasteiger partial charge on any atom is 0.419 e. The van der Waals surface area contributed by atoms with E-state index in [4.69, 9.17) is 4.42 Å². The number of aryl methyl sites for hydroxylation is 1. The van der Waals surface area contributed by atoms with Gasteiger partial charge < -0.3 is 4.42 Å². The summed E-state index contributed by atoms with van der Waals surface area (Å²) < 4.78 is 34.8. The highest BCUT2D eigenvalue weighted by atomic mass is 32.2. The van der Waals surface area contributed by atoms with E-state index in [-0.39, 0.29) is 10.5 Å². The molecule has 0 fully saturated rings. The first-order valence-corrected chi connectivity index (χ1v) is 10.7. The average Bonchev–Trinajstić information content (AvgIpc) is 2.97. The Kier molecular flexibility index (Phi) is 4.74. The molecule has 0 amide bonds. The molecule has 0 saturated heterocycles. The first-order valence-electron chi connectivity index (χ1n) is 8.38. The van der Waals surface area contributed by atoms with Crippen LogP contribution in [0.5, 0.6) is 0 Å². The number of rotatable bonds is 5. The number of aromatic nitrogens is 1. The minimum absolute atomic E-state index is 0.0221. The largest absolute Gasteiger partial charge is 0.419 e. The number of nitrogens with one attached hydrogen (secondary N) is 1. The molecule has 0 radical (unpaired) electrons. The van der Waals surface area contributed by atoms with Crippen molar-refractivity contribution < 1.29 is 12.8 Å². The Bertz CT molecular complexity index is 1310. The Morgan fingerprint density at radius 2 is 1.68 bits per heavy atom. The molecule has 6 nitrogen and oxygen atoms in total. The van der Waals surface area contributed by atoms with Crippen molar-refractivity contribution in [2.45, 2.75) is 14.7 Å². The van der Waals surface area contributed by atoms with E-state index in [1.54, 1.807) is 25.2 Å². The molecule has 1 N–H and O–H groups in total. The van der Waals surface area contributed by atoms with Gasteiger partial charge in [-0.25, -0.2) is 13.2 Å². The van der Waals surface area contributed by atoms with Crippen LogP contribution in [0, 0.1) is 0 Å². The van der Waals surface area contributed by atoms with Gasteiger partial charge in [0.1, 0.15) is 0 Å². The van der Waals surface area contributed by atoms with E-state index < -0.39 is 15.8 Å². The summed E-state index contributed by atoms with van der Waals surface area (Å²) in [4.78, 5) is 13.4. The van der Waals surface area contributed by atoms with Gasteiger partial charge >= 0.3 is 5.76 Å². The third kappa shape index (κ3) is 3.56. The summed E-state index contributed by atoms with van der Waals surface area (Å²) in [5.41, 5.74) is 1.23. The zero-order valence-electron chi connectivity index (χ0n) is 14.8. The van der Waals surface area contributed by atoms with Crippen LogP contribution in [0.4, 0.5) is 5.69 Å². The number of anilines is 1. The van der Waals surface area contributed by atoms with Crippen LogP contribution in [0.15, 0.2) is 96.7 Å². The molecule has 1 aromatic heterocycles. The minimum Gasteiger partial charge on any atom is -0.408 e. The lowest BCUT2D eigenvalue weighted by Crippen LogP contribution is -2.13. The molecule has 142 valence electrons. The Morgan fingerprint density at radius 1 is 0.964 bits per heavy atom. The highest BCUT2D eigenvalue weighted by molar-refractivity contribution is 7.99. The van der Waals surface area contributed by atoms with E-state index in [1.165, 1.54) is 28.5 Å². The SMILES string of the molecule is Cn1c(=O)oc2cc(S(=O)(=O)Nc3ccccc3Sc3ccccc3)ccc21. The van der Waals surface area contributed by atoms with Gasteiger partial charge in [-0.3, -0.25) is 9.29 Å². The molecule has 1 heterocycles. The molecule has 0 spiro atoms. The Hall–Kier alpha value is -2.97. The van der Waals surface area contributed by atoms with Gasteiger partial charge in [-0.1, -0.05) is 42.1 Å². The van der Waals surface area contributed by atoms with Crippen LogP contribution in [-0.2, 0) is 17.1 Å². The lowest BCUT2D eigenvalue weighted by Gasteiger charge is -2.12. The molecular formula is C20H16N2O4S2. The van der Waals surface area contributed by atoms with Gasteiger partial charge in [0.25, 0.3) is 10.0 Å². The summed E-state index contributed by atoms with van der Waals surface area (Å²) in [5.74, 6) is -0.540. The fraction of sp³-hybridized carbons (Fsp3) is 0.0500. The monoisotopic (exact) mass is 412 g/mol. The number of nitrogens with zero attached hydrogens (tertiary/aromatic N) is 1. The van der Waals surface area contributed by atoms with Crippen LogP contribution in [-0.4, -0.2) is 13.0 Å². The molecular weight excluding hydrogens is 396 g/mol. The Balaban J connectivity index is 1.68. The molecule has 0 saturated carbocycles. The maximum absolute atomic E-state index is 12.9. The van der Waals surface area contributed by atoms with Gasteiger partial charge in [-0.15, -0.1) is 0 Å². The van der Waals surface area contributed by atoms with Gasteiger partial charge in [0.2, 0.25) is 0 Å². The van der Waals surface area contributed by atoms with Crippen molar-refractivity contribution in [3.8, 4) is 0 Å². The summed E-state index contributed by atoms with van der Waals surface area (Å²) in [6.45, 7) is 0. The maximum atomic E-state index is 12.9. The van der Waals surface area contributed by atoms with Crippen molar-refractivity contribution in [3.05, 3.63) is 83.3 Å². The van der Waals surface area contributed by atoms with E-state index in [0.717, 1.165) is 9.79 Å². The fourth-order valence-electron chi connectivity index (χ4n) is 2.74. The lowest BCUT2D eigenvalue weighted by atomic mass is 10.3. The molecule has 0 aliphatic carbocycles. The number of oxazole rings is 1. The van der Waals surface area contributed by atoms with E-state index in [2.05, 4.69) is 4.72 Å². The number of fused-ring (bicyclic) bond motifs is 1. The minimum atomic E-state index is -3.86. The van der Waals surface area contributed by atoms with Gasteiger partial charge in [0, 0.05) is 22.9 Å². The van der Waals surface area contributed by atoms with Crippen molar-refractivity contribution in [2.24, 2.45) is 7.05 Å². The number of hydrogen-bond acceptors (Lipinski definition) is 5. The van der Waals surface area contributed by atoms with Crippen molar-refractivity contribution >= 4 is 38.6 Å². The number of benzene rings is 3. The van der Waals surface area contributed by atoms with E-state index >= 15 is 0 Å². The predicted molar refractivity (Wildman–Crippen MR) is 109 cm³/mol. The quantitative estimate of drug-likeness (QED) is 0.534. The molecule has 0 aliphatic heterocycles. The summed E-state index contributed by atoms with van der Waals surface area (Å²) in [7, 11) is -2.29. The lowest BCUT2D eigenvalue weighted by molar-refractivity contribution is 0.527.